The smallest absolute Gasteiger partial charge is 0.300 e. The zero-order chi connectivity index (χ0) is 8.08. The topological polar surface area (TPSA) is 37.3 Å². The molecule has 0 atom stereocenters. The van der Waals surface area contributed by atoms with E-state index in [1.807, 2.05) is 0 Å². The Hall–Kier alpha value is -0.0231. The SMILES string of the molecule is CC(=O)O.C[Si](C)(C)Cl. The number of carboxylic acids is 1. The Morgan fingerprint density at radius 1 is 1.44 bits per heavy atom. The second kappa shape index (κ2) is 4.82. The fourth-order valence-corrected chi connectivity index (χ4v) is 0. The second-order valence-corrected chi connectivity index (χ2v) is 10.1. The molecule has 0 aliphatic heterocycles. The predicted molar refractivity (Wildman–Crippen MR) is 42.5 cm³/mol. The molecule has 0 heterocycles. The lowest BCUT2D eigenvalue weighted by Gasteiger charge is -1.97. The van der Waals surface area contributed by atoms with Crippen LogP contribution >= 0.6 is 11.1 Å². The highest BCUT2D eigenvalue weighted by Gasteiger charge is 2.04. The summed E-state index contributed by atoms with van der Waals surface area (Å²) in [6.45, 7) is 7.36. The van der Waals surface area contributed by atoms with Crippen LogP contribution in [0.4, 0.5) is 0 Å². The van der Waals surface area contributed by atoms with Crippen LogP contribution in [0.25, 0.3) is 0 Å². The molecule has 0 saturated heterocycles. The van der Waals surface area contributed by atoms with Crippen LogP contribution < -0.4 is 0 Å². The summed E-state index contributed by atoms with van der Waals surface area (Å²) in [6.07, 6.45) is 0. The molecule has 0 aromatic heterocycles. The summed E-state index contributed by atoms with van der Waals surface area (Å²) < 4.78 is 0. The van der Waals surface area contributed by atoms with Crippen molar-refractivity contribution in [1.29, 1.82) is 0 Å². The lowest BCUT2D eigenvalue weighted by Crippen LogP contribution is -2.06. The van der Waals surface area contributed by atoms with Crippen LogP contribution in [0.5, 0.6) is 0 Å². The predicted octanol–water partition coefficient (Wildman–Crippen LogP) is 2.15. The Bertz CT molecular complexity index is 77.4. The summed E-state index contributed by atoms with van der Waals surface area (Å²) in [5.41, 5.74) is 0. The van der Waals surface area contributed by atoms with E-state index in [1.165, 1.54) is 0 Å². The number of carbonyl (C=O) groups is 1. The van der Waals surface area contributed by atoms with Gasteiger partial charge in [0.1, 0.15) is 7.38 Å². The van der Waals surface area contributed by atoms with Crippen LogP contribution in [0.3, 0.4) is 0 Å². The van der Waals surface area contributed by atoms with Crippen molar-refractivity contribution in [2.75, 3.05) is 0 Å². The molecule has 0 aliphatic carbocycles. The third-order valence-corrected chi connectivity index (χ3v) is 0. The number of halogens is 1. The maximum absolute atomic E-state index is 9.00. The largest absolute Gasteiger partial charge is 0.481 e. The summed E-state index contributed by atoms with van der Waals surface area (Å²) >= 11 is 5.67. The summed E-state index contributed by atoms with van der Waals surface area (Å²) in [7, 11) is -1.14. The molecule has 4 heteroatoms. The molecule has 0 amide bonds. The van der Waals surface area contributed by atoms with Crippen LogP contribution in [0.15, 0.2) is 0 Å². The standard InChI is InChI=1S/C3H9ClSi.C2H4O2/c1-5(2,3)4;1-2(3)4/h1-3H3;1H3,(H,3,4). The van der Waals surface area contributed by atoms with Gasteiger partial charge >= 0.3 is 0 Å². The molecule has 0 saturated carbocycles. The lowest BCUT2D eigenvalue weighted by molar-refractivity contribution is -0.134. The molecule has 9 heavy (non-hydrogen) atoms. The molecule has 0 rings (SSSR count). The molecule has 0 unspecified atom stereocenters. The molecule has 0 aromatic carbocycles. The Balaban J connectivity index is 0. The van der Waals surface area contributed by atoms with Gasteiger partial charge in [0.2, 0.25) is 0 Å². The molecule has 1 N–H and O–H groups in total. The summed E-state index contributed by atoms with van der Waals surface area (Å²) in [6, 6.07) is 0. The van der Waals surface area contributed by atoms with E-state index in [0.29, 0.717) is 0 Å². The fourth-order valence-electron chi connectivity index (χ4n) is 0. The number of hydrogen-bond donors (Lipinski definition) is 1. The molecule has 0 spiro atoms. The van der Waals surface area contributed by atoms with Gasteiger partial charge in [-0.25, -0.2) is 0 Å². The highest BCUT2D eigenvalue weighted by molar-refractivity contribution is 7.18. The van der Waals surface area contributed by atoms with Crippen molar-refractivity contribution in [3.05, 3.63) is 0 Å². The van der Waals surface area contributed by atoms with E-state index in [-0.39, 0.29) is 0 Å². The zero-order valence-electron chi connectivity index (χ0n) is 6.23. The average molecular weight is 169 g/mol. The van der Waals surface area contributed by atoms with Crippen molar-refractivity contribution in [3.63, 3.8) is 0 Å². The first-order valence-corrected chi connectivity index (χ1v) is 7.13. The van der Waals surface area contributed by atoms with Crippen molar-refractivity contribution in [2.45, 2.75) is 26.6 Å². The number of hydrogen-bond acceptors (Lipinski definition) is 1. The summed E-state index contributed by atoms with van der Waals surface area (Å²) in [5.74, 6) is -0.833. The monoisotopic (exact) mass is 168 g/mol. The molecule has 56 valence electrons. The first kappa shape index (κ1) is 11.7. The first-order valence-electron chi connectivity index (χ1n) is 2.62. The van der Waals surface area contributed by atoms with Crippen LogP contribution in [0, 0.1) is 0 Å². The van der Waals surface area contributed by atoms with Gasteiger partial charge in [-0.15, -0.1) is 0 Å². The van der Waals surface area contributed by atoms with Gasteiger partial charge in [-0.1, -0.05) is 19.6 Å². The Morgan fingerprint density at radius 2 is 1.44 bits per heavy atom. The fraction of sp³-hybridized carbons (Fsp3) is 0.800. The zero-order valence-corrected chi connectivity index (χ0v) is 7.99. The molecule has 2 nitrogen and oxygen atoms in total. The van der Waals surface area contributed by atoms with E-state index >= 15 is 0 Å². The molecule has 0 aliphatic rings. The maximum Gasteiger partial charge on any atom is 0.300 e. The van der Waals surface area contributed by atoms with Gasteiger partial charge in [0.05, 0.1) is 0 Å². The minimum absolute atomic E-state index is 0.833. The second-order valence-electron chi connectivity index (χ2n) is 2.59. The van der Waals surface area contributed by atoms with Gasteiger partial charge in [0, 0.05) is 6.92 Å². The Labute approximate surface area is 61.6 Å². The Kier molecular flexibility index (Phi) is 6.28. The van der Waals surface area contributed by atoms with Crippen molar-refractivity contribution >= 4 is 24.4 Å². The third-order valence-electron chi connectivity index (χ3n) is 0. The van der Waals surface area contributed by atoms with Crippen LogP contribution in [0.1, 0.15) is 6.92 Å². The van der Waals surface area contributed by atoms with Crippen molar-refractivity contribution in [3.8, 4) is 0 Å². The molecule has 0 radical (unpaired) electrons. The first-order chi connectivity index (χ1) is 3.73. The van der Waals surface area contributed by atoms with E-state index < -0.39 is 13.4 Å². The molecular weight excluding hydrogens is 156 g/mol. The van der Waals surface area contributed by atoms with Crippen LogP contribution in [-0.4, -0.2) is 18.5 Å². The normalized spacial score (nSPS) is 9.44. The van der Waals surface area contributed by atoms with E-state index in [1.54, 1.807) is 0 Å². The molecule has 0 fully saturated rings. The highest BCUT2D eigenvalue weighted by atomic mass is 35.6. The van der Waals surface area contributed by atoms with E-state index in [0.717, 1.165) is 6.92 Å². The summed E-state index contributed by atoms with van der Waals surface area (Å²) in [4.78, 5) is 9.00. The van der Waals surface area contributed by atoms with Crippen molar-refractivity contribution < 1.29 is 9.90 Å². The van der Waals surface area contributed by atoms with E-state index in [2.05, 4.69) is 19.6 Å². The minimum atomic E-state index is -1.14. The number of carboxylic acid groups (broad SMARTS) is 1. The maximum atomic E-state index is 9.00. The number of rotatable bonds is 0. The quantitative estimate of drug-likeness (QED) is 0.445. The van der Waals surface area contributed by atoms with Crippen molar-refractivity contribution in [1.82, 2.24) is 0 Å². The molecule has 0 bridgehead atoms. The van der Waals surface area contributed by atoms with Gasteiger partial charge in [0.25, 0.3) is 5.97 Å². The third kappa shape index (κ3) is 533000. The molecule has 0 aromatic rings. The minimum Gasteiger partial charge on any atom is -0.481 e. The number of aliphatic carboxylic acids is 1. The Morgan fingerprint density at radius 3 is 1.44 bits per heavy atom. The van der Waals surface area contributed by atoms with Gasteiger partial charge in [0.15, 0.2) is 0 Å². The van der Waals surface area contributed by atoms with Crippen LogP contribution in [-0.2, 0) is 4.79 Å². The highest BCUT2D eigenvalue weighted by Crippen LogP contribution is 2.03. The lowest BCUT2D eigenvalue weighted by atomic mass is 10.9. The van der Waals surface area contributed by atoms with Gasteiger partial charge in [-0.2, -0.15) is 11.1 Å². The van der Waals surface area contributed by atoms with Crippen molar-refractivity contribution in [2.24, 2.45) is 0 Å². The summed E-state index contributed by atoms with van der Waals surface area (Å²) in [5, 5.41) is 7.42. The molecular formula is C5H13ClO2Si. The van der Waals surface area contributed by atoms with Gasteiger partial charge in [-0.05, 0) is 0 Å². The van der Waals surface area contributed by atoms with E-state index in [9.17, 15) is 0 Å². The van der Waals surface area contributed by atoms with Crippen LogP contribution in [0.2, 0.25) is 19.6 Å². The van der Waals surface area contributed by atoms with E-state index in [4.69, 9.17) is 21.0 Å². The van der Waals surface area contributed by atoms with Gasteiger partial charge in [-0.3, -0.25) is 4.79 Å². The van der Waals surface area contributed by atoms with Gasteiger partial charge < -0.3 is 5.11 Å². The average Bonchev–Trinajstić information content (AvgIpc) is 1.19.